The predicted molar refractivity (Wildman–Crippen MR) is 123 cm³/mol. The number of carbonyl (C=O) groups excluding carboxylic acids is 1. The smallest absolute Gasteiger partial charge is 0.255 e. The lowest BCUT2D eigenvalue weighted by Crippen LogP contribution is -2.35. The largest absolute Gasteiger partial charge is 0.491 e. The van der Waals surface area contributed by atoms with E-state index in [0.29, 0.717) is 36.7 Å². The normalized spacial score (nSPS) is 19.6. The van der Waals surface area contributed by atoms with E-state index in [9.17, 15) is 13.2 Å². The van der Waals surface area contributed by atoms with Crippen molar-refractivity contribution in [3.05, 3.63) is 53.1 Å². The predicted octanol–water partition coefficient (Wildman–Crippen LogP) is 4.32. The van der Waals surface area contributed by atoms with Crippen LogP contribution in [0, 0.1) is 0 Å². The maximum absolute atomic E-state index is 13.0. The highest BCUT2D eigenvalue weighted by molar-refractivity contribution is 7.89. The zero-order valence-corrected chi connectivity index (χ0v) is 19.3. The standard InChI is InChI=1S/C23H27ClN2O5S/c24-21-10-9-18(15-22(21)32(28,29)26-11-2-1-3-12-26)25-23(27)17-6-4-7-19(14-17)31-16-20-8-5-13-30-20/h4,6-7,9-10,14-15,20H,1-3,5,8,11-13,16H2,(H,25,27). The molecule has 0 bridgehead atoms. The summed E-state index contributed by atoms with van der Waals surface area (Å²) in [6, 6.07) is 11.4. The fourth-order valence-corrected chi connectivity index (χ4v) is 5.94. The highest BCUT2D eigenvalue weighted by atomic mass is 35.5. The summed E-state index contributed by atoms with van der Waals surface area (Å²) in [7, 11) is -3.72. The zero-order valence-electron chi connectivity index (χ0n) is 17.8. The van der Waals surface area contributed by atoms with Crippen LogP contribution in [-0.2, 0) is 14.8 Å². The van der Waals surface area contributed by atoms with Crippen LogP contribution in [0.1, 0.15) is 42.5 Å². The number of nitrogens with zero attached hydrogens (tertiary/aromatic N) is 1. The lowest BCUT2D eigenvalue weighted by Gasteiger charge is -2.26. The zero-order chi connectivity index (χ0) is 22.6. The van der Waals surface area contributed by atoms with Gasteiger partial charge in [0.05, 0.1) is 11.1 Å². The third-order valence-corrected chi connectivity index (χ3v) is 8.06. The van der Waals surface area contributed by atoms with Crippen molar-refractivity contribution in [3.8, 4) is 5.75 Å². The van der Waals surface area contributed by atoms with Gasteiger partial charge in [-0.1, -0.05) is 24.1 Å². The van der Waals surface area contributed by atoms with Crippen LogP contribution in [0.5, 0.6) is 5.75 Å². The third-order valence-electron chi connectivity index (χ3n) is 5.68. The molecule has 0 aromatic heterocycles. The van der Waals surface area contributed by atoms with E-state index in [4.69, 9.17) is 21.1 Å². The van der Waals surface area contributed by atoms with Crippen molar-refractivity contribution in [1.29, 1.82) is 0 Å². The SMILES string of the molecule is O=C(Nc1ccc(Cl)c(S(=O)(=O)N2CCCCC2)c1)c1cccc(OCC2CCCO2)c1. The van der Waals surface area contributed by atoms with Gasteiger partial charge in [-0.05, 0) is 62.1 Å². The number of benzene rings is 2. The molecule has 2 heterocycles. The number of carbonyl (C=O) groups is 1. The van der Waals surface area contributed by atoms with E-state index in [0.717, 1.165) is 38.7 Å². The molecule has 172 valence electrons. The van der Waals surface area contributed by atoms with Gasteiger partial charge in [-0.2, -0.15) is 4.31 Å². The number of hydrogen-bond acceptors (Lipinski definition) is 5. The molecular weight excluding hydrogens is 452 g/mol. The van der Waals surface area contributed by atoms with Crippen LogP contribution in [-0.4, -0.2) is 51.0 Å². The first-order chi connectivity index (χ1) is 15.4. The number of piperidine rings is 1. The molecule has 0 radical (unpaired) electrons. The van der Waals surface area contributed by atoms with Crippen LogP contribution in [0.15, 0.2) is 47.4 Å². The second kappa shape index (κ2) is 10.2. The van der Waals surface area contributed by atoms with Crippen molar-refractivity contribution in [1.82, 2.24) is 4.31 Å². The summed E-state index contributed by atoms with van der Waals surface area (Å²) in [5.74, 6) is 0.217. The monoisotopic (exact) mass is 478 g/mol. The van der Waals surface area contributed by atoms with Gasteiger partial charge in [0.2, 0.25) is 10.0 Å². The van der Waals surface area contributed by atoms with E-state index in [1.807, 2.05) is 0 Å². The molecular formula is C23H27ClN2O5S. The van der Waals surface area contributed by atoms with Gasteiger partial charge >= 0.3 is 0 Å². The molecule has 32 heavy (non-hydrogen) atoms. The minimum atomic E-state index is -3.72. The first kappa shape index (κ1) is 23.0. The molecule has 9 heteroatoms. The molecule has 1 N–H and O–H groups in total. The summed E-state index contributed by atoms with van der Waals surface area (Å²) in [4.78, 5) is 12.8. The van der Waals surface area contributed by atoms with Gasteiger partial charge in [0.25, 0.3) is 5.91 Å². The molecule has 2 aliphatic rings. The maximum Gasteiger partial charge on any atom is 0.255 e. The number of hydrogen-bond donors (Lipinski definition) is 1. The van der Waals surface area contributed by atoms with Crippen molar-refractivity contribution in [3.63, 3.8) is 0 Å². The molecule has 1 atom stereocenters. The molecule has 2 saturated heterocycles. The van der Waals surface area contributed by atoms with Crippen LogP contribution in [0.2, 0.25) is 5.02 Å². The van der Waals surface area contributed by atoms with E-state index in [1.54, 1.807) is 30.3 Å². The number of amides is 1. The quantitative estimate of drug-likeness (QED) is 0.640. The van der Waals surface area contributed by atoms with Gasteiger partial charge in [-0.25, -0.2) is 8.42 Å². The van der Waals surface area contributed by atoms with Crippen molar-refractivity contribution < 1.29 is 22.7 Å². The third kappa shape index (κ3) is 5.43. The Morgan fingerprint density at radius 2 is 1.94 bits per heavy atom. The second-order valence-corrected chi connectivity index (χ2v) is 10.4. The van der Waals surface area contributed by atoms with Crippen LogP contribution >= 0.6 is 11.6 Å². The average molecular weight is 479 g/mol. The van der Waals surface area contributed by atoms with Crippen molar-refractivity contribution >= 4 is 33.2 Å². The highest BCUT2D eigenvalue weighted by Gasteiger charge is 2.28. The minimum Gasteiger partial charge on any atom is -0.491 e. The van der Waals surface area contributed by atoms with E-state index >= 15 is 0 Å². The topological polar surface area (TPSA) is 84.9 Å². The lowest BCUT2D eigenvalue weighted by atomic mass is 10.2. The van der Waals surface area contributed by atoms with Crippen LogP contribution in [0.4, 0.5) is 5.69 Å². The number of rotatable bonds is 7. The van der Waals surface area contributed by atoms with Crippen LogP contribution < -0.4 is 10.1 Å². The number of nitrogens with one attached hydrogen (secondary N) is 1. The Bertz CT molecular complexity index is 1060. The summed E-state index contributed by atoms with van der Waals surface area (Å²) in [6.07, 6.45) is 4.78. The Hall–Kier alpha value is -2.13. The van der Waals surface area contributed by atoms with Crippen LogP contribution in [0.3, 0.4) is 0 Å². The Balaban J connectivity index is 1.46. The van der Waals surface area contributed by atoms with Gasteiger partial charge in [0.15, 0.2) is 0 Å². The summed E-state index contributed by atoms with van der Waals surface area (Å²) in [6.45, 7) is 2.16. The fraction of sp³-hybridized carbons (Fsp3) is 0.435. The summed E-state index contributed by atoms with van der Waals surface area (Å²) in [5.41, 5.74) is 0.769. The van der Waals surface area contributed by atoms with Gasteiger partial charge in [0, 0.05) is 30.9 Å². The Kier molecular flexibility index (Phi) is 7.35. The van der Waals surface area contributed by atoms with Crippen molar-refractivity contribution in [2.75, 3.05) is 31.6 Å². The molecule has 4 rings (SSSR count). The van der Waals surface area contributed by atoms with E-state index < -0.39 is 10.0 Å². The molecule has 0 aliphatic carbocycles. The summed E-state index contributed by atoms with van der Waals surface area (Å²) >= 11 is 6.22. The average Bonchev–Trinajstić information content (AvgIpc) is 3.33. The van der Waals surface area contributed by atoms with Gasteiger partial charge in [0.1, 0.15) is 17.3 Å². The summed E-state index contributed by atoms with van der Waals surface area (Å²) in [5, 5.41) is 2.90. The van der Waals surface area contributed by atoms with Crippen molar-refractivity contribution in [2.45, 2.75) is 43.1 Å². The molecule has 2 aliphatic heterocycles. The first-order valence-electron chi connectivity index (χ1n) is 10.9. The highest BCUT2D eigenvalue weighted by Crippen LogP contribution is 2.29. The molecule has 1 unspecified atom stereocenters. The molecule has 7 nitrogen and oxygen atoms in total. The molecule has 1 amide bonds. The summed E-state index contributed by atoms with van der Waals surface area (Å²) < 4.78 is 38.9. The van der Waals surface area contributed by atoms with E-state index in [2.05, 4.69) is 5.32 Å². The van der Waals surface area contributed by atoms with Gasteiger partial charge < -0.3 is 14.8 Å². The Morgan fingerprint density at radius 1 is 1.12 bits per heavy atom. The van der Waals surface area contributed by atoms with Gasteiger partial charge in [-0.3, -0.25) is 4.79 Å². The molecule has 2 fully saturated rings. The van der Waals surface area contributed by atoms with E-state index in [-0.39, 0.29) is 21.9 Å². The number of sulfonamides is 1. The molecule has 2 aromatic carbocycles. The second-order valence-electron chi connectivity index (χ2n) is 8.04. The number of halogens is 1. The van der Waals surface area contributed by atoms with Gasteiger partial charge in [-0.15, -0.1) is 0 Å². The van der Waals surface area contributed by atoms with E-state index in [1.165, 1.54) is 16.4 Å². The maximum atomic E-state index is 13.0. The lowest BCUT2D eigenvalue weighted by molar-refractivity contribution is 0.0679. The Morgan fingerprint density at radius 3 is 2.69 bits per heavy atom. The fourth-order valence-electron chi connectivity index (χ4n) is 3.92. The number of ether oxygens (including phenoxy) is 2. The first-order valence-corrected chi connectivity index (χ1v) is 12.7. The van der Waals surface area contributed by atoms with Crippen LogP contribution in [0.25, 0.3) is 0 Å². The molecule has 0 saturated carbocycles. The number of anilines is 1. The Labute approximate surface area is 193 Å². The minimum absolute atomic E-state index is 0.00696. The van der Waals surface area contributed by atoms with Crippen molar-refractivity contribution in [2.24, 2.45) is 0 Å². The molecule has 0 spiro atoms. The molecule has 2 aromatic rings.